The lowest BCUT2D eigenvalue weighted by Gasteiger charge is -2.34. The van der Waals surface area contributed by atoms with Gasteiger partial charge in [0.25, 0.3) is 0 Å². The fourth-order valence-electron chi connectivity index (χ4n) is 1.76. The summed E-state index contributed by atoms with van der Waals surface area (Å²) in [5, 5.41) is 10.5. The second-order valence-corrected chi connectivity index (χ2v) is 4.06. The van der Waals surface area contributed by atoms with Gasteiger partial charge in [0.1, 0.15) is 0 Å². The Labute approximate surface area is 78.9 Å². The normalized spacial score (nSPS) is 27.2. The van der Waals surface area contributed by atoms with E-state index in [1.54, 1.807) is 0 Å². The predicted octanol–water partition coefficient (Wildman–Crippen LogP) is 1.61. The SMILES string of the molecule is Cc1[nH]ncc1CNC1CCC1C. The van der Waals surface area contributed by atoms with Crippen LogP contribution in [0.25, 0.3) is 0 Å². The Morgan fingerprint density at radius 1 is 1.62 bits per heavy atom. The van der Waals surface area contributed by atoms with Gasteiger partial charge in [0.15, 0.2) is 0 Å². The average molecular weight is 179 g/mol. The number of rotatable bonds is 3. The van der Waals surface area contributed by atoms with Gasteiger partial charge >= 0.3 is 0 Å². The van der Waals surface area contributed by atoms with Crippen LogP contribution >= 0.6 is 0 Å². The zero-order valence-electron chi connectivity index (χ0n) is 8.30. The highest BCUT2D eigenvalue weighted by atomic mass is 15.1. The van der Waals surface area contributed by atoms with Gasteiger partial charge in [-0.1, -0.05) is 6.92 Å². The molecular formula is C10H17N3. The highest BCUT2D eigenvalue weighted by Crippen LogP contribution is 2.26. The van der Waals surface area contributed by atoms with Crippen LogP contribution in [0.5, 0.6) is 0 Å². The number of hydrogen-bond donors (Lipinski definition) is 2. The van der Waals surface area contributed by atoms with E-state index in [0.717, 1.165) is 18.5 Å². The molecule has 1 aliphatic carbocycles. The van der Waals surface area contributed by atoms with Crippen molar-refractivity contribution in [3.63, 3.8) is 0 Å². The highest BCUT2D eigenvalue weighted by Gasteiger charge is 2.25. The van der Waals surface area contributed by atoms with Gasteiger partial charge in [-0.15, -0.1) is 0 Å². The van der Waals surface area contributed by atoms with Gasteiger partial charge in [0.2, 0.25) is 0 Å². The zero-order chi connectivity index (χ0) is 9.26. The van der Waals surface area contributed by atoms with Crippen LogP contribution in [0.15, 0.2) is 6.20 Å². The van der Waals surface area contributed by atoms with Crippen LogP contribution in [0.4, 0.5) is 0 Å². The van der Waals surface area contributed by atoms with E-state index in [1.807, 2.05) is 6.20 Å². The second kappa shape index (κ2) is 3.50. The van der Waals surface area contributed by atoms with Gasteiger partial charge in [-0.2, -0.15) is 5.10 Å². The Morgan fingerprint density at radius 2 is 2.46 bits per heavy atom. The molecule has 13 heavy (non-hydrogen) atoms. The second-order valence-electron chi connectivity index (χ2n) is 4.06. The van der Waals surface area contributed by atoms with Gasteiger partial charge < -0.3 is 5.32 Å². The molecule has 1 aromatic heterocycles. The third-order valence-electron chi connectivity index (χ3n) is 3.11. The van der Waals surface area contributed by atoms with E-state index in [0.29, 0.717) is 0 Å². The third kappa shape index (κ3) is 1.75. The lowest BCUT2D eigenvalue weighted by atomic mass is 9.81. The summed E-state index contributed by atoms with van der Waals surface area (Å²) in [6.45, 7) is 5.33. The summed E-state index contributed by atoms with van der Waals surface area (Å²) in [6, 6.07) is 0.731. The number of aromatic amines is 1. The molecule has 2 rings (SSSR count). The number of hydrogen-bond acceptors (Lipinski definition) is 2. The van der Waals surface area contributed by atoms with E-state index in [2.05, 4.69) is 29.4 Å². The van der Waals surface area contributed by atoms with Crippen LogP contribution in [-0.4, -0.2) is 16.2 Å². The Bertz CT molecular complexity index is 279. The number of nitrogens with one attached hydrogen (secondary N) is 2. The summed E-state index contributed by atoms with van der Waals surface area (Å²) in [5.41, 5.74) is 2.47. The number of aryl methyl sites for hydroxylation is 1. The molecular weight excluding hydrogens is 162 g/mol. The summed E-state index contributed by atoms with van der Waals surface area (Å²) in [5.74, 6) is 0.854. The van der Waals surface area contributed by atoms with Crippen molar-refractivity contribution in [2.24, 2.45) is 5.92 Å². The van der Waals surface area contributed by atoms with Crippen LogP contribution in [0, 0.1) is 12.8 Å². The third-order valence-corrected chi connectivity index (χ3v) is 3.11. The number of aromatic nitrogens is 2. The molecule has 0 aliphatic heterocycles. The largest absolute Gasteiger partial charge is 0.310 e. The van der Waals surface area contributed by atoms with Crippen molar-refractivity contribution in [3.8, 4) is 0 Å². The van der Waals surface area contributed by atoms with Crippen LogP contribution < -0.4 is 5.32 Å². The molecule has 0 radical (unpaired) electrons. The molecule has 0 aromatic carbocycles. The van der Waals surface area contributed by atoms with Crippen molar-refractivity contribution in [1.82, 2.24) is 15.5 Å². The van der Waals surface area contributed by atoms with E-state index in [-0.39, 0.29) is 0 Å². The molecule has 3 nitrogen and oxygen atoms in total. The fraction of sp³-hybridized carbons (Fsp3) is 0.700. The van der Waals surface area contributed by atoms with Crippen molar-refractivity contribution in [3.05, 3.63) is 17.5 Å². The van der Waals surface area contributed by atoms with Crippen LogP contribution in [0.3, 0.4) is 0 Å². The minimum atomic E-state index is 0.731. The number of H-pyrrole nitrogens is 1. The van der Waals surface area contributed by atoms with E-state index in [9.17, 15) is 0 Å². The molecule has 0 bridgehead atoms. The smallest absolute Gasteiger partial charge is 0.0535 e. The van der Waals surface area contributed by atoms with Crippen molar-refractivity contribution in [1.29, 1.82) is 0 Å². The van der Waals surface area contributed by atoms with E-state index >= 15 is 0 Å². The molecule has 2 atom stereocenters. The topological polar surface area (TPSA) is 40.7 Å². The van der Waals surface area contributed by atoms with Crippen molar-refractivity contribution < 1.29 is 0 Å². The molecule has 1 saturated carbocycles. The molecule has 1 aromatic rings. The molecule has 0 spiro atoms. The van der Waals surface area contributed by atoms with Crippen LogP contribution in [0.2, 0.25) is 0 Å². The Morgan fingerprint density at radius 3 is 2.92 bits per heavy atom. The summed E-state index contributed by atoms with van der Waals surface area (Å²) in [4.78, 5) is 0. The standard InChI is InChI=1S/C10H17N3/c1-7-3-4-10(7)11-5-9-6-12-13-8(9)2/h6-7,10-11H,3-5H2,1-2H3,(H,12,13). The number of nitrogens with zero attached hydrogens (tertiary/aromatic N) is 1. The quantitative estimate of drug-likeness (QED) is 0.740. The molecule has 1 fully saturated rings. The molecule has 1 heterocycles. The molecule has 72 valence electrons. The maximum Gasteiger partial charge on any atom is 0.0535 e. The lowest BCUT2D eigenvalue weighted by molar-refractivity contribution is 0.228. The van der Waals surface area contributed by atoms with Gasteiger partial charge in [-0.3, -0.25) is 5.10 Å². The minimum Gasteiger partial charge on any atom is -0.310 e. The maximum absolute atomic E-state index is 4.00. The first-order chi connectivity index (χ1) is 6.27. The van der Waals surface area contributed by atoms with Gasteiger partial charge in [-0.25, -0.2) is 0 Å². The predicted molar refractivity (Wildman–Crippen MR) is 52.4 cm³/mol. The fourth-order valence-corrected chi connectivity index (χ4v) is 1.76. The van der Waals surface area contributed by atoms with Crippen molar-refractivity contribution in [2.75, 3.05) is 0 Å². The Kier molecular flexibility index (Phi) is 2.36. The molecule has 0 amide bonds. The molecule has 2 N–H and O–H groups in total. The van der Waals surface area contributed by atoms with Crippen LogP contribution in [0.1, 0.15) is 31.0 Å². The van der Waals surface area contributed by atoms with E-state index in [1.165, 1.54) is 24.1 Å². The maximum atomic E-state index is 4.00. The molecule has 0 saturated heterocycles. The summed E-state index contributed by atoms with van der Waals surface area (Å²) in [7, 11) is 0. The Balaban J connectivity index is 1.83. The highest BCUT2D eigenvalue weighted by molar-refractivity contribution is 5.14. The van der Waals surface area contributed by atoms with Gasteiger partial charge in [-0.05, 0) is 25.7 Å². The van der Waals surface area contributed by atoms with Gasteiger partial charge in [0, 0.05) is 23.8 Å². The lowest BCUT2D eigenvalue weighted by Crippen LogP contribution is -2.41. The van der Waals surface area contributed by atoms with E-state index < -0.39 is 0 Å². The van der Waals surface area contributed by atoms with E-state index in [4.69, 9.17) is 0 Å². The summed E-state index contributed by atoms with van der Waals surface area (Å²) in [6.07, 6.45) is 4.62. The first-order valence-electron chi connectivity index (χ1n) is 4.99. The molecule has 3 heteroatoms. The first kappa shape index (κ1) is 8.75. The zero-order valence-corrected chi connectivity index (χ0v) is 8.30. The van der Waals surface area contributed by atoms with Gasteiger partial charge in [0.05, 0.1) is 6.20 Å². The van der Waals surface area contributed by atoms with Crippen LogP contribution in [-0.2, 0) is 6.54 Å². The molecule has 2 unspecified atom stereocenters. The van der Waals surface area contributed by atoms with Crippen molar-refractivity contribution >= 4 is 0 Å². The summed E-state index contributed by atoms with van der Waals surface area (Å²) < 4.78 is 0. The minimum absolute atomic E-state index is 0.731. The van der Waals surface area contributed by atoms with Crippen molar-refractivity contribution in [2.45, 2.75) is 39.3 Å². The molecule has 1 aliphatic rings. The summed E-state index contributed by atoms with van der Waals surface area (Å²) >= 11 is 0. The first-order valence-corrected chi connectivity index (χ1v) is 4.99. The monoisotopic (exact) mass is 179 g/mol. The average Bonchev–Trinajstić information content (AvgIpc) is 2.50. The Hall–Kier alpha value is -0.830.